The minimum atomic E-state index is 0.846. The molecule has 0 atom stereocenters. The van der Waals surface area contributed by atoms with Gasteiger partial charge in [0.2, 0.25) is 5.88 Å². The van der Waals surface area contributed by atoms with Crippen molar-refractivity contribution in [3.63, 3.8) is 0 Å². The molecule has 2 aromatic heterocycles. The van der Waals surface area contributed by atoms with Crippen molar-refractivity contribution < 1.29 is 4.52 Å². The van der Waals surface area contributed by atoms with Gasteiger partial charge in [0.05, 0.1) is 0 Å². The van der Waals surface area contributed by atoms with Gasteiger partial charge < -0.3 is 14.7 Å². The SMILES string of the molecule is c1cc(-c2cc(N3CCNCC3)on2)ccn1. The van der Waals surface area contributed by atoms with Crippen LogP contribution >= 0.6 is 0 Å². The van der Waals surface area contributed by atoms with Gasteiger partial charge in [0, 0.05) is 50.2 Å². The summed E-state index contributed by atoms with van der Waals surface area (Å²) < 4.78 is 5.39. The molecule has 1 aliphatic heterocycles. The van der Waals surface area contributed by atoms with Crippen LogP contribution in [0.4, 0.5) is 5.88 Å². The first-order valence-electron chi connectivity index (χ1n) is 5.76. The van der Waals surface area contributed by atoms with E-state index in [4.69, 9.17) is 4.52 Å². The minimum Gasteiger partial charge on any atom is -0.338 e. The van der Waals surface area contributed by atoms with Crippen LogP contribution in [0.3, 0.4) is 0 Å². The Labute approximate surface area is 99.4 Å². The van der Waals surface area contributed by atoms with Crippen LogP contribution in [0, 0.1) is 0 Å². The second-order valence-corrected chi connectivity index (χ2v) is 4.02. The molecule has 2 aromatic rings. The standard InChI is InChI=1S/C12H14N4O/c1-3-13-4-2-10(1)11-9-12(17-15-11)16-7-5-14-6-8-16/h1-4,9,14H,5-8H2. The number of nitrogens with zero attached hydrogens (tertiary/aromatic N) is 3. The van der Waals surface area contributed by atoms with Gasteiger partial charge in [-0.25, -0.2) is 0 Å². The largest absolute Gasteiger partial charge is 0.338 e. The molecule has 0 aromatic carbocycles. The first kappa shape index (κ1) is 10.3. The fourth-order valence-electron chi connectivity index (χ4n) is 1.96. The lowest BCUT2D eigenvalue weighted by Crippen LogP contribution is -2.43. The molecule has 17 heavy (non-hydrogen) atoms. The predicted molar refractivity (Wildman–Crippen MR) is 64.8 cm³/mol. The fraction of sp³-hybridized carbons (Fsp3) is 0.333. The Kier molecular flexibility index (Phi) is 2.75. The van der Waals surface area contributed by atoms with E-state index in [1.165, 1.54) is 0 Å². The molecule has 1 aliphatic rings. The molecule has 1 fully saturated rings. The molecular weight excluding hydrogens is 216 g/mol. The van der Waals surface area contributed by atoms with E-state index in [1.807, 2.05) is 18.2 Å². The van der Waals surface area contributed by atoms with E-state index in [-0.39, 0.29) is 0 Å². The van der Waals surface area contributed by atoms with Crippen LogP contribution in [0.15, 0.2) is 35.1 Å². The molecule has 3 heterocycles. The van der Waals surface area contributed by atoms with Gasteiger partial charge in [0.15, 0.2) is 0 Å². The summed E-state index contributed by atoms with van der Waals surface area (Å²) in [4.78, 5) is 6.19. The molecular formula is C12H14N4O. The van der Waals surface area contributed by atoms with E-state index in [9.17, 15) is 0 Å². The number of hydrogen-bond donors (Lipinski definition) is 1. The Balaban J connectivity index is 1.83. The molecule has 1 saturated heterocycles. The molecule has 0 bridgehead atoms. The number of rotatable bonds is 2. The van der Waals surface area contributed by atoms with E-state index in [0.29, 0.717) is 0 Å². The number of hydrogen-bond acceptors (Lipinski definition) is 5. The van der Waals surface area contributed by atoms with E-state index in [1.54, 1.807) is 12.4 Å². The first-order valence-corrected chi connectivity index (χ1v) is 5.76. The maximum Gasteiger partial charge on any atom is 0.227 e. The van der Waals surface area contributed by atoms with Crippen molar-refractivity contribution in [2.24, 2.45) is 0 Å². The lowest BCUT2D eigenvalue weighted by atomic mass is 10.2. The summed E-state index contributed by atoms with van der Waals surface area (Å²) in [6.07, 6.45) is 3.52. The van der Waals surface area contributed by atoms with Crippen molar-refractivity contribution >= 4 is 5.88 Å². The fourth-order valence-corrected chi connectivity index (χ4v) is 1.96. The van der Waals surface area contributed by atoms with Crippen molar-refractivity contribution in [1.82, 2.24) is 15.5 Å². The summed E-state index contributed by atoms with van der Waals surface area (Å²) in [6, 6.07) is 5.85. The Morgan fingerprint density at radius 2 is 1.94 bits per heavy atom. The van der Waals surface area contributed by atoms with Crippen LogP contribution in [-0.4, -0.2) is 36.3 Å². The third-order valence-electron chi connectivity index (χ3n) is 2.90. The molecule has 1 N–H and O–H groups in total. The smallest absolute Gasteiger partial charge is 0.227 e. The van der Waals surface area contributed by atoms with Gasteiger partial charge in [-0.2, -0.15) is 0 Å². The zero-order valence-corrected chi connectivity index (χ0v) is 9.47. The van der Waals surface area contributed by atoms with Gasteiger partial charge in [-0.05, 0) is 12.1 Å². The third-order valence-corrected chi connectivity index (χ3v) is 2.90. The summed E-state index contributed by atoms with van der Waals surface area (Å²) in [6.45, 7) is 3.91. The van der Waals surface area contributed by atoms with Gasteiger partial charge in [-0.15, -0.1) is 0 Å². The lowest BCUT2D eigenvalue weighted by molar-refractivity contribution is 0.409. The average Bonchev–Trinajstić information content (AvgIpc) is 2.90. The van der Waals surface area contributed by atoms with E-state index < -0.39 is 0 Å². The molecule has 0 saturated carbocycles. The average molecular weight is 230 g/mol. The van der Waals surface area contributed by atoms with E-state index >= 15 is 0 Å². The van der Waals surface area contributed by atoms with Gasteiger partial charge in [0.25, 0.3) is 0 Å². The maximum absolute atomic E-state index is 5.39. The van der Waals surface area contributed by atoms with Crippen LogP contribution in [0.5, 0.6) is 0 Å². The molecule has 5 nitrogen and oxygen atoms in total. The van der Waals surface area contributed by atoms with Crippen LogP contribution < -0.4 is 10.2 Å². The highest BCUT2D eigenvalue weighted by Crippen LogP contribution is 2.23. The highest BCUT2D eigenvalue weighted by molar-refractivity contribution is 5.61. The quantitative estimate of drug-likeness (QED) is 0.838. The van der Waals surface area contributed by atoms with Crippen LogP contribution in [0.25, 0.3) is 11.3 Å². The zero-order chi connectivity index (χ0) is 11.5. The van der Waals surface area contributed by atoms with Crippen molar-refractivity contribution in [2.75, 3.05) is 31.1 Å². The van der Waals surface area contributed by atoms with Gasteiger partial charge in [-0.3, -0.25) is 4.98 Å². The summed E-state index contributed by atoms with van der Waals surface area (Å²) in [7, 11) is 0. The molecule has 0 unspecified atom stereocenters. The second-order valence-electron chi connectivity index (χ2n) is 4.02. The second kappa shape index (κ2) is 4.55. The molecule has 0 spiro atoms. The zero-order valence-electron chi connectivity index (χ0n) is 9.47. The normalized spacial score (nSPS) is 16.1. The van der Waals surface area contributed by atoms with Gasteiger partial charge >= 0.3 is 0 Å². The number of piperazine rings is 1. The lowest BCUT2D eigenvalue weighted by Gasteiger charge is -2.25. The topological polar surface area (TPSA) is 54.2 Å². The minimum absolute atomic E-state index is 0.846. The van der Waals surface area contributed by atoms with Crippen LogP contribution in [0.2, 0.25) is 0 Å². The number of anilines is 1. The van der Waals surface area contributed by atoms with Crippen LogP contribution in [0.1, 0.15) is 0 Å². The molecule has 0 amide bonds. The molecule has 0 radical (unpaired) electrons. The summed E-state index contributed by atoms with van der Waals surface area (Å²) in [5.41, 5.74) is 1.89. The number of aromatic nitrogens is 2. The van der Waals surface area contributed by atoms with Crippen molar-refractivity contribution in [1.29, 1.82) is 0 Å². The number of pyridine rings is 1. The summed E-state index contributed by atoms with van der Waals surface area (Å²) in [5.74, 6) is 0.846. The van der Waals surface area contributed by atoms with Crippen molar-refractivity contribution in [3.05, 3.63) is 30.6 Å². The summed E-state index contributed by atoms with van der Waals surface area (Å²) >= 11 is 0. The first-order chi connectivity index (χ1) is 8.43. The van der Waals surface area contributed by atoms with Gasteiger partial charge in [-0.1, -0.05) is 5.16 Å². The predicted octanol–water partition coefficient (Wildman–Crippen LogP) is 1.15. The van der Waals surface area contributed by atoms with E-state index in [2.05, 4.69) is 20.4 Å². The highest BCUT2D eigenvalue weighted by atomic mass is 16.5. The molecule has 5 heteroatoms. The monoisotopic (exact) mass is 230 g/mol. The molecule has 88 valence electrons. The van der Waals surface area contributed by atoms with Gasteiger partial charge in [0.1, 0.15) is 5.69 Å². The Morgan fingerprint density at radius 3 is 2.71 bits per heavy atom. The van der Waals surface area contributed by atoms with Crippen molar-refractivity contribution in [3.8, 4) is 11.3 Å². The van der Waals surface area contributed by atoms with E-state index in [0.717, 1.165) is 43.3 Å². The Morgan fingerprint density at radius 1 is 1.18 bits per heavy atom. The summed E-state index contributed by atoms with van der Waals surface area (Å²) in [5, 5.41) is 7.41. The molecule has 0 aliphatic carbocycles. The Bertz CT molecular complexity index is 476. The Hall–Kier alpha value is -1.88. The highest BCUT2D eigenvalue weighted by Gasteiger charge is 2.15. The maximum atomic E-state index is 5.39. The third kappa shape index (κ3) is 2.14. The molecule has 3 rings (SSSR count). The van der Waals surface area contributed by atoms with Crippen molar-refractivity contribution in [2.45, 2.75) is 0 Å². The van der Waals surface area contributed by atoms with Crippen LogP contribution in [-0.2, 0) is 0 Å². The number of nitrogens with one attached hydrogen (secondary N) is 1.